The lowest BCUT2D eigenvalue weighted by atomic mass is 10.2. The highest BCUT2D eigenvalue weighted by molar-refractivity contribution is 5.66. The molecule has 0 aliphatic carbocycles. The highest BCUT2D eigenvalue weighted by Crippen LogP contribution is 2.18. The van der Waals surface area contributed by atoms with Crippen LogP contribution in [0.4, 0.5) is 11.4 Å². The molecule has 0 aliphatic heterocycles. The molecule has 0 radical (unpaired) electrons. The molecule has 0 aliphatic rings. The maximum Gasteiger partial charge on any atom is 0.0667 e. The van der Waals surface area contributed by atoms with Crippen LogP contribution in [0.15, 0.2) is 30.5 Å². The van der Waals surface area contributed by atoms with E-state index in [0.717, 1.165) is 11.4 Å². The van der Waals surface area contributed by atoms with Crippen molar-refractivity contribution < 1.29 is 0 Å². The number of anilines is 2. The van der Waals surface area contributed by atoms with Crippen LogP contribution in [-0.4, -0.2) is 9.78 Å². The number of nitrogen functional groups attached to an aromatic ring is 2. The highest BCUT2D eigenvalue weighted by atomic mass is 15.3. The van der Waals surface area contributed by atoms with Gasteiger partial charge < -0.3 is 11.5 Å². The number of hydrogen-bond acceptors (Lipinski definition) is 3. The topological polar surface area (TPSA) is 69.9 Å². The maximum atomic E-state index is 5.70. The zero-order valence-electron chi connectivity index (χ0n) is 7.94. The minimum absolute atomic E-state index is 0.579. The average Bonchev–Trinajstić information content (AvgIpc) is 2.57. The Morgan fingerprint density at radius 1 is 1.14 bits per heavy atom. The Balaban J connectivity index is 2.47. The van der Waals surface area contributed by atoms with Crippen LogP contribution in [0.5, 0.6) is 0 Å². The summed E-state index contributed by atoms with van der Waals surface area (Å²) in [4.78, 5) is 0. The number of aryl methyl sites for hydroxylation is 1. The van der Waals surface area contributed by atoms with E-state index in [1.165, 1.54) is 0 Å². The Morgan fingerprint density at radius 3 is 2.50 bits per heavy atom. The third-order valence-electron chi connectivity index (χ3n) is 2.06. The lowest BCUT2D eigenvalue weighted by Gasteiger charge is -2.04. The van der Waals surface area contributed by atoms with E-state index in [-0.39, 0.29) is 0 Å². The van der Waals surface area contributed by atoms with Crippen LogP contribution < -0.4 is 11.5 Å². The fourth-order valence-electron chi connectivity index (χ4n) is 1.26. The number of rotatable bonds is 1. The first kappa shape index (κ1) is 8.62. The molecule has 2 rings (SSSR count). The zero-order chi connectivity index (χ0) is 10.1. The predicted molar refractivity (Wildman–Crippen MR) is 57.1 cm³/mol. The second kappa shape index (κ2) is 3.06. The lowest BCUT2D eigenvalue weighted by molar-refractivity contribution is 0.863. The van der Waals surface area contributed by atoms with Gasteiger partial charge in [-0.3, -0.25) is 0 Å². The molecule has 4 nitrogen and oxygen atoms in total. The molecule has 0 spiro atoms. The van der Waals surface area contributed by atoms with Gasteiger partial charge in [-0.25, -0.2) is 4.68 Å². The Labute approximate surface area is 82.1 Å². The lowest BCUT2D eigenvalue weighted by Crippen LogP contribution is -1.99. The van der Waals surface area contributed by atoms with Gasteiger partial charge in [0.25, 0.3) is 0 Å². The summed E-state index contributed by atoms with van der Waals surface area (Å²) in [6, 6.07) is 7.41. The molecule has 14 heavy (non-hydrogen) atoms. The largest absolute Gasteiger partial charge is 0.397 e. The molecule has 1 heterocycles. The van der Waals surface area contributed by atoms with Crippen LogP contribution in [0, 0.1) is 6.92 Å². The molecule has 72 valence electrons. The molecule has 0 amide bonds. The van der Waals surface area contributed by atoms with Crippen LogP contribution in [0.1, 0.15) is 5.69 Å². The summed E-state index contributed by atoms with van der Waals surface area (Å²) in [5.41, 5.74) is 14.4. The first-order valence-electron chi connectivity index (χ1n) is 4.34. The SMILES string of the molecule is Cc1ccn(-c2ccc(N)c(N)c2)n1. The van der Waals surface area contributed by atoms with Gasteiger partial charge >= 0.3 is 0 Å². The van der Waals surface area contributed by atoms with Crippen LogP contribution in [0.2, 0.25) is 0 Å². The maximum absolute atomic E-state index is 5.70. The summed E-state index contributed by atoms with van der Waals surface area (Å²) < 4.78 is 1.77. The van der Waals surface area contributed by atoms with E-state index in [0.29, 0.717) is 11.4 Å². The van der Waals surface area contributed by atoms with E-state index in [2.05, 4.69) is 5.10 Å². The van der Waals surface area contributed by atoms with E-state index in [1.807, 2.05) is 31.3 Å². The fraction of sp³-hybridized carbons (Fsp3) is 0.100. The van der Waals surface area contributed by atoms with Crippen LogP contribution in [0.25, 0.3) is 5.69 Å². The van der Waals surface area contributed by atoms with Crippen molar-refractivity contribution in [1.29, 1.82) is 0 Å². The third-order valence-corrected chi connectivity index (χ3v) is 2.06. The van der Waals surface area contributed by atoms with E-state index < -0.39 is 0 Å². The van der Waals surface area contributed by atoms with Gasteiger partial charge in [0.05, 0.1) is 22.8 Å². The van der Waals surface area contributed by atoms with Gasteiger partial charge in [0.2, 0.25) is 0 Å². The molecule has 0 unspecified atom stereocenters. The van der Waals surface area contributed by atoms with Gasteiger partial charge in [-0.05, 0) is 31.2 Å². The van der Waals surface area contributed by atoms with Crippen molar-refractivity contribution in [2.24, 2.45) is 0 Å². The minimum atomic E-state index is 0.579. The smallest absolute Gasteiger partial charge is 0.0667 e. The van der Waals surface area contributed by atoms with Crippen LogP contribution in [0.3, 0.4) is 0 Å². The van der Waals surface area contributed by atoms with Gasteiger partial charge in [0.15, 0.2) is 0 Å². The van der Waals surface area contributed by atoms with Gasteiger partial charge in [0, 0.05) is 6.20 Å². The van der Waals surface area contributed by atoms with Crippen molar-refractivity contribution in [1.82, 2.24) is 9.78 Å². The molecule has 1 aromatic heterocycles. The zero-order valence-corrected chi connectivity index (χ0v) is 7.94. The van der Waals surface area contributed by atoms with Gasteiger partial charge in [-0.15, -0.1) is 0 Å². The van der Waals surface area contributed by atoms with E-state index in [9.17, 15) is 0 Å². The van der Waals surface area contributed by atoms with Crippen molar-refractivity contribution in [3.8, 4) is 5.69 Å². The Morgan fingerprint density at radius 2 is 1.93 bits per heavy atom. The number of benzene rings is 1. The summed E-state index contributed by atoms with van der Waals surface area (Å²) in [6.45, 7) is 1.94. The summed E-state index contributed by atoms with van der Waals surface area (Å²) in [7, 11) is 0. The standard InChI is InChI=1S/C10H12N4/c1-7-4-5-14(13-7)8-2-3-9(11)10(12)6-8/h2-6H,11-12H2,1H3. The molecule has 0 saturated carbocycles. The second-order valence-corrected chi connectivity index (χ2v) is 3.21. The van der Waals surface area contributed by atoms with Crippen molar-refractivity contribution in [2.45, 2.75) is 6.92 Å². The summed E-state index contributed by atoms with van der Waals surface area (Å²) in [5.74, 6) is 0. The number of nitrogens with zero attached hydrogens (tertiary/aromatic N) is 2. The molecular formula is C10H12N4. The molecule has 2 aromatic rings. The minimum Gasteiger partial charge on any atom is -0.397 e. The van der Waals surface area contributed by atoms with Crippen LogP contribution >= 0.6 is 0 Å². The molecule has 4 heteroatoms. The molecule has 1 aromatic carbocycles. The van der Waals surface area contributed by atoms with Crippen LogP contribution in [-0.2, 0) is 0 Å². The summed E-state index contributed by atoms with van der Waals surface area (Å²) in [5, 5.41) is 4.27. The van der Waals surface area contributed by atoms with Gasteiger partial charge in [-0.1, -0.05) is 0 Å². The van der Waals surface area contributed by atoms with Gasteiger partial charge in [-0.2, -0.15) is 5.10 Å². The third kappa shape index (κ3) is 1.42. The summed E-state index contributed by atoms with van der Waals surface area (Å²) in [6.07, 6.45) is 1.89. The van der Waals surface area contributed by atoms with E-state index >= 15 is 0 Å². The number of aromatic nitrogens is 2. The molecule has 4 N–H and O–H groups in total. The van der Waals surface area contributed by atoms with Gasteiger partial charge in [0.1, 0.15) is 0 Å². The fourth-order valence-corrected chi connectivity index (χ4v) is 1.26. The molecule has 0 fully saturated rings. The number of nitrogens with two attached hydrogens (primary N) is 2. The Kier molecular flexibility index (Phi) is 1.89. The average molecular weight is 188 g/mol. The monoisotopic (exact) mass is 188 g/mol. The number of hydrogen-bond donors (Lipinski definition) is 2. The predicted octanol–water partition coefficient (Wildman–Crippen LogP) is 1.35. The summed E-state index contributed by atoms with van der Waals surface area (Å²) >= 11 is 0. The van der Waals surface area contributed by atoms with E-state index in [1.54, 1.807) is 10.7 Å². The molecule has 0 atom stereocenters. The second-order valence-electron chi connectivity index (χ2n) is 3.21. The first-order valence-corrected chi connectivity index (χ1v) is 4.34. The Bertz CT molecular complexity index is 459. The molecular weight excluding hydrogens is 176 g/mol. The Hall–Kier alpha value is -1.97. The molecule has 0 bridgehead atoms. The first-order chi connectivity index (χ1) is 6.66. The highest BCUT2D eigenvalue weighted by Gasteiger charge is 2.00. The molecule has 0 saturated heterocycles. The quantitative estimate of drug-likeness (QED) is 0.663. The van der Waals surface area contributed by atoms with Crippen molar-refractivity contribution >= 4 is 11.4 Å². The normalized spacial score (nSPS) is 10.4. The van der Waals surface area contributed by atoms with Crippen molar-refractivity contribution in [2.75, 3.05) is 11.5 Å². The van der Waals surface area contributed by atoms with Crippen molar-refractivity contribution in [3.05, 3.63) is 36.2 Å². The van der Waals surface area contributed by atoms with E-state index in [4.69, 9.17) is 11.5 Å². The van der Waals surface area contributed by atoms with Crippen molar-refractivity contribution in [3.63, 3.8) is 0 Å².